The van der Waals surface area contributed by atoms with E-state index >= 15 is 0 Å². The van der Waals surface area contributed by atoms with Gasteiger partial charge in [0.1, 0.15) is 0 Å². The maximum atomic E-state index is 12.4. The highest BCUT2D eigenvalue weighted by Gasteiger charge is 2.43. The molecule has 4 rings (SSSR count). The highest BCUT2D eigenvalue weighted by Crippen LogP contribution is 2.26. The van der Waals surface area contributed by atoms with Crippen molar-refractivity contribution in [1.29, 1.82) is 0 Å². The molecule has 2 aliphatic rings. The van der Waals surface area contributed by atoms with Crippen molar-refractivity contribution >= 4 is 23.5 Å². The molecule has 9 heteroatoms. The molecule has 3 atom stereocenters. The standard InChI is InChI=1S/C23H28N6O3/c30-21(25-13-16-5-4-10-24-12-16)9-8-19-14-26-22(31)20-11-18(15-29(19)20)28-23(32)27-17-6-2-1-3-7-17/h1-7,10,12,18-20H,8-9,11,13-15H2,(H,25,30)(H,26,31)(H2,27,28,32). The normalized spacial score (nSPS) is 22.5. The molecule has 0 bridgehead atoms. The number of hydrogen-bond acceptors (Lipinski definition) is 5. The highest BCUT2D eigenvalue weighted by atomic mass is 16.2. The summed E-state index contributed by atoms with van der Waals surface area (Å²) in [6, 6.07) is 12.4. The first kappa shape index (κ1) is 21.8. The van der Waals surface area contributed by atoms with Gasteiger partial charge in [-0.2, -0.15) is 0 Å². The van der Waals surface area contributed by atoms with Gasteiger partial charge in [-0.15, -0.1) is 0 Å². The smallest absolute Gasteiger partial charge is 0.319 e. The van der Waals surface area contributed by atoms with Gasteiger partial charge in [0.2, 0.25) is 11.8 Å². The summed E-state index contributed by atoms with van der Waals surface area (Å²) < 4.78 is 0. The van der Waals surface area contributed by atoms with E-state index in [9.17, 15) is 14.4 Å². The van der Waals surface area contributed by atoms with Crippen LogP contribution in [0.5, 0.6) is 0 Å². The van der Waals surface area contributed by atoms with E-state index in [-0.39, 0.29) is 36.0 Å². The lowest BCUT2D eigenvalue weighted by atomic mass is 10.0. The van der Waals surface area contributed by atoms with E-state index in [0.717, 1.165) is 5.56 Å². The van der Waals surface area contributed by atoms with Crippen LogP contribution in [0.25, 0.3) is 0 Å². The van der Waals surface area contributed by atoms with E-state index in [1.165, 1.54) is 0 Å². The number of urea groups is 1. The summed E-state index contributed by atoms with van der Waals surface area (Å²) in [4.78, 5) is 43.2. The summed E-state index contributed by atoms with van der Waals surface area (Å²) in [6.45, 7) is 1.54. The number of anilines is 1. The summed E-state index contributed by atoms with van der Waals surface area (Å²) >= 11 is 0. The molecule has 4 amide bonds. The van der Waals surface area contributed by atoms with Crippen LogP contribution >= 0.6 is 0 Å². The maximum Gasteiger partial charge on any atom is 0.319 e. The van der Waals surface area contributed by atoms with Gasteiger partial charge in [-0.3, -0.25) is 19.5 Å². The Bertz CT molecular complexity index is 939. The molecular weight excluding hydrogens is 408 g/mol. The summed E-state index contributed by atoms with van der Waals surface area (Å²) in [5.41, 5.74) is 1.67. The van der Waals surface area contributed by atoms with Crippen LogP contribution in [0, 0.1) is 0 Å². The zero-order valence-electron chi connectivity index (χ0n) is 17.8. The number of nitrogens with zero attached hydrogens (tertiary/aromatic N) is 2. The van der Waals surface area contributed by atoms with Crippen LogP contribution in [-0.4, -0.2) is 58.9 Å². The van der Waals surface area contributed by atoms with Crippen molar-refractivity contribution in [1.82, 2.24) is 25.8 Å². The predicted octanol–water partition coefficient (Wildman–Crippen LogP) is 1.24. The van der Waals surface area contributed by atoms with Gasteiger partial charge in [-0.05, 0) is 36.6 Å². The molecule has 2 aromatic rings. The number of carbonyl (C=O) groups is 3. The number of pyridine rings is 1. The molecule has 1 aromatic carbocycles. The Balaban J connectivity index is 1.26. The number of amides is 4. The van der Waals surface area contributed by atoms with Gasteiger partial charge in [-0.1, -0.05) is 24.3 Å². The van der Waals surface area contributed by atoms with Gasteiger partial charge >= 0.3 is 6.03 Å². The second-order valence-corrected chi connectivity index (χ2v) is 8.19. The molecule has 2 fully saturated rings. The summed E-state index contributed by atoms with van der Waals surface area (Å²) in [7, 11) is 0. The van der Waals surface area contributed by atoms with Crippen LogP contribution < -0.4 is 21.3 Å². The van der Waals surface area contributed by atoms with E-state index in [1.54, 1.807) is 12.4 Å². The molecule has 3 unspecified atom stereocenters. The average Bonchev–Trinajstić information content (AvgIpc) is 3.23. The Morgan fingerprint density at radius 1 is 1.16 bits per heavy atom. The second-order valence-electron chi connectivity index (χ2n) is 8.19. The highest BCUT2D eigenvalue weighted by molar-refractivity contribution is 5.89. The van der Waals surface area contributed by atoms with Crippen molar-refractivity contribution in [2.24, 2.45) is 0 Å². The zero-order chi connectivity index (χ0) is 22.3. The molecule has 0 spiro atoms. The van der Waals surface area contributed by atoms with Gasteiger partial charge in [0, 0.05) is 56.2 Å². The second kappa shape index (κ2) is 10.2. The number of carbonyl (C=O) groups excluding carboxylic acids is 3. The minimum absolute atomic E-state index is 0.0185. The number of benzene rings is 1. The third-order valence-electron chi connectivity index (χ3n) is 5.91. The first-order valence-corrected chi connectivity index (χ1v) is 10.9. The van der Waals surface area contributed by atoms with Gasteiger partial charge in [0.15, 0.2) is 0 Å². The van der Waals surface area contributed by atoms with Crippen LogP contribution in [0.2, 0.25) is 0 Å². The molecule has 0 saturated carbocycles. The summed E-state index contributed by atoms with van der Waals surface area (Å²) in [5, 5.41) is 11.6. The van der Waals surface area contributed by atoms with Gasteiger partial charge in [0.25, 0.3) is 0 Å². The molecular formula is C23H28N6O3. The number of nitrogens with one attached hydrogen (secondary N) is 4. The Hall–Kier alpha value is -3.46. The maximum absolute atomic E-state index is 12.4. The van der Waals surface area contributed by atoms with Crippen LogP contribution in [0.15, 0.2) is 54.9 Å². The Labute approximate surface area is 187 Å². The Kier molecular flexibility index (Phi) is 6.96. The van der Waals surface area contributed by atoms with Crippen LogP contribution in [-0.2, 0) is 16.1 Å². The molecule has 168 valence electrons. The zero-order valence-corrected chi connectivity index (χ0v) is 17.8. The minimum atomic E-state index is -0.284. The molecule has 2 saturated heterocycles. The van der Waals surface area contributed by atoms with E-state index in [2.05, 4.69) is 31.2 Å². The van der Waals surface area contributed by atoms with Crippen LogP contribution in [0.3, 0.4) is 0 Å². The van der Waals surface area contributed by atoms with Crippen molar-refractivity contribution in [3.05, 3.63) is 60.4 Å². The first-order valence-electron chi connectivity index (χ1n) is 10.9. The Morgan fingerprint density at radius 3 is 2.78 bits per heavy atom. The van der Waals surface area contributed by atoms with Crippen molar-refractivity contribution < 1.29 is 14.4 Å². The van der Waals surface area contributed by atoms with E-state index in [0.29, 0.717) is 44.6 Å². The van der Waals surface area contributed by atoms with Crippen LogP contribution in [0.1, 0.15) is 24.8 Å². The minimum Gasteiger partial charge on any atom is -0.353 e. The SMILES string of the molecule is O=C(CCC1CNC(=O)C2CC(NC(=O)Nc3ccccc3)CN12)NCc1cccnc1. The average molecular weight is 437 g/mol. The largest absolute Gasteiger partial charge is 0.353 e. The van der Waals surface area contributed by atoms with Gasteiger partial charge in [0.05, 0.1) is 6.04 Å². The number of fused-ring (bicyclic) bond motifs is 1. The fourth-order valence-corrected chi connectivity index (χ4v) is 4.31. The molecule has 32 heavy (non-hydrogen) atoms. The Morgan fingerprint density at radius 2 is 2.00 bits per heavy atom. The van der Waals surface area contributed by atoms with Gasteiger partial charge in [-0.25, -0.2) is 4.79 Å². The summed E-state index contributed by atoms with van der Waals surface area (Å²) in [6.07, 6.45) is 4.99. The molecule has 4 N–H and O–H groups in total. The summed E-state index contributed by atoms with van der Waals surface area (Å²) in [5.74, 6) is -0.0477. The molecule has 3 heterocycles. The predicted molar refractivity (Wildman–Crippen MR) is 120 cm³/mol. The molecule has 0 aliphatic carbocycles. The number of para-hydroxylation sites is 1. The van der Waals surface area contributed by atoms with Crippen molar-refractivity contribution in [2.45, 2.75) is 43.9 Å². The number of piperazine rings is 1. The number of hydrogen-bond donors (Lipinski definition) is 4. The van der Waals surface area contributed by atoms with E-state index in [4.69, 9.17) is 0 Å². The lowest BCUT2D eigenvalue weighted by Crippen LogP contribution is -2.58. The van der Waals surface area contributed by atoms with E-state index in [1.807, 2.05) is 42.5 Å². The third kappa shape index (κ3) is 5.61. The van der Waals surface area contributed by atoms with Crippen molar-refractivity contribution in [2.75, 3.05) is 18.4 Å². The fourth-order valence-electron chi connectivity index (χ4n) is 4.31. The van der Waals surface area contributed by atoms with Crippen molar-refractivity contribution in [3.8, 4) is 0 Å². The fraction of sp³-hybridized carbons (Fsp3) is 0.391. The number of rotatable bonds is 7. The first-order chi connectivity index (χ1) is 15.6. The quantitative estimate of drug-likeness (QED) is 0.521. The molecule has 0 radical (unpaired) electrons. The molecule has 9 nitrogen and oxygen atoms in total. The topological polar surface area (TPSA) is 115 Å². The lowest BCUT2D eigenvalue weighted by molar-refractivity contribution is -0.129. The van der Waals surface area contributed by atoms with Gasteiger partial charge < -0.3 is 21.3 Å². The lowest BCUT2D eigenvalue weighted by Gasteiger charge is -2.37. The number of aromatic nitrogens is 1. The molecule has 1 aromatic heterocycles. The monoisotopic (exact) mass is 436 g/mol. The third-order valence-corrected chi connectivity index (χ3v) is 5.91. The van der Waals surface area contributed by atoms with Crippen molar-refractivity contribution in [3.63, 3.8) is 0 Å². The molecule has 2 aliphatic heterocycles. The van der Waals surface area contributed by atoms with Crippen LogP contribution in [0.4, 0.5) is 10.5 Å². The van der Waals surface area contributed by atoms with E-state index < -0.39 is 0 Å².